The second-order valence-electron chi connectivity index (χ2n) is 23.0. The van der Waals surface area contributed by atoms with E-state index in [-0.39, 0.29) is 44.2 Å². The summed E-state index contributed by atoms with van der Waals surface area (Å²) in [6, 6.07) is 17.9. The number of rotatable bonds is 3. The molecule has 4 nitrogen and oxygen atoms in total. The molecule has 0 saturated carbocycles. The third-order valence-electron chi connectivity index (χ3n) is 11.4. The summed E-state index contributed by atoms with van der Waals surface area (Å²) >= 11 is 0. The third-order valence-corrected chi connectivity index (χ3v) is 12.4. The maximum atomic E-state index is 12.1. The number of phenols is 1. The van der Waals surface area contributed by atoms with Crippen LogP contribution in [0.2, 0.25) is 0 Å². The SMILES string of the molecule is Cc1cc(-c2cc(C)cc(C(C)(C)C)c2OP2Oc3c(cc(C(C)(C)C)cc3C(C)(C)C)C(C)c3cc(C(C)(C)C)cc(C(C)(C)C)c3O2)c(O)c(C(C)(C)C)c1. The molecule has 1 N–H and O–H groups in total. The highest BCUT2D eigenvalue weighted by atomic mass is 31.2. The van der Waals surface area contributed by atoms with E-state index in [1.54, 1.807) is 0 Å². The van der Waals surface area contributed by atoms with Gasteiger partial charge in [-0.15, -0.1) is 0 Å². The highest BCUT2D eigenvalue weighted by Gasteiger charge is 2.39. The highest BCUT2D eigenvalue weighted by molar-refractivity contribution is 7.43. The van der Waals surface area contributed by atoms with Crippen molar-refractivity contribution in [2.75, 3.05) is 0 Å². The predicted molar refractivity (Wildman–Crippen MR) is 244 cm³/mol. The van der Waals surface area contributed by atoms with Crippen molar-refractivity contribution in [3.05, 3.63) is 104 Å². The summed E-state index contributed by atoms with van der Waals surface area (Å²) in [4.78, 5) is 0. The van der Waals surface area contributed by atoms with E-state index in [0.717, 1.165) is 67.1 Å². The summed E-state index contributed by atoms with van der Waals surface area (Å²) in [7, 11) is -2.09. The van der Waals surface area contributed by atoms with Crippen LogP contribution in [0, 0.1) is 13.8 Å². The van der Waals surface area contributed by atoms with Gasteiger partial charge in [-0.05, 0) is 80.7 Å². The summed E-state index contributed by atoms with van der Waals surface area (Å²) in [5.74, 6) is 2.58. The van der Waals surface area contributed by atoms with E-state index < -0.39 is 8.60 Å². The van der Waals surface area contributed by atoms with E-state index in [2.05, 4.69) is 194 Å². The van der Waals surface area contributed by atoms with Crippen molar-refractivity contribution in [3.63, 3.8) is 0 Å². The molecule has 0 amide bonds. The molecule has 0 bridgehead atoms. The van der Waals surface area contributed by atoms with Gasteiger partial charge >= 0.3 is 8.60 Å². The predicted octanol–water partition coefficient (Wildman–Crippen LogP) is 15.7. The number of aromatic hydroxyl groups is 1. The Labute approximate surface area is 348 Å². The van der Waals surface area contributed by atoms with Gasteiger partial charge in [0, 0.05) is 50.4 Å². The average Bonchev–Trinajstić information content (AvgIpc) is 3.02. The van der Waals surface area contributed by atoms with Crippen molar-refractivity contribution < 1.29 is 18.7 Å². The Balaban J connectivity index is 1.92. The molecule has 5 heteroatoms. The van der Waals surface area contributed by atoms with E-state index in [1.807, 2.05) is 0 Å². The second kappa shape index (κ2) is 14.7. The first-order chi connectivity index (χ1) is 25.7. The van der Waals surface area contributed by atoms with Gasteiger partial charge in [-0.1, -0.05) is 168 Å². The molecule has 5 rings (SSSR count). The number of phenolic OH excluding ortho intramolecular Hbond substituents is 1. The largest absolute Gasteiger partial charge is 0.530 e. The molecule has 310 valence electrons. The first-order valence-corrected chi connectivity index (χ1v) is 22.0. The molecule has 0 aromatic heterocycles. The molecule has 1 aliphatic heterocycles. The number of aryl methyl sites for hydroxylation is 2. The standard InChI is InChI=1S/C52H73O4P/c1-30-22-37(43(53)39(24-30)49(10,11)12)38-23-31(2)25-40(50(13,14)15)46(38)56-57-54-44-35(26-33(47(4,5)6)28-41(44)51(16,17)18)32(3)36-27-34(48(7,8)9)29-42(45(36)55-57)52(19,20)21/h22-29,32,53H,1-21H3. The van der Waals surface area contributed by atoms with Gasteiger partial charge in [0.25, 0.3) is 0 Å². The quantitative estimate of drug-likeness (QED) is 0.210. The lowest BCUT2D eigenvalue weighted by Gasteiger charge is -2.37. The first-order valence-electron chi connectivity index (χ1n) is 20.9. The van der Waals surface area contributed by atoms with Gasteiger partial charge in [0.05, 0.1) is 0 Å². The van der Waals surface area contributed by atoms with Gasteiger partial charge in [0.2, 0.25) is 0 Å². The number of benzene rings is 4. The van der Waals surface area contributed by atoms with Crippen molar-refractivity contribution >= 4 is 8.60 Å². The van der Waals surface area contributed by atoms with Crippen LogP contribution < -0.4 is 13.6 Å². The zero-order chi connectivity index (χ0) is 43.2. The molecule has 0 spiro atoms. The van der Waals surface area contributed by atoms with E-state index in [9.17, 15) is 5.11 Å². The van der Waals surface area contributed by atoms with Crippen molar-refractivity contribution in [2.24, 2.45) is 0 Å². The Kier molecular flexibility index (Phi) is 11.5. The van der Waals surface area contributed by atoms with Gasteiger partial charge in [0.15, 0.2) is 0 Å². The average molecular weight is 793 g/mol. The second-order valence-corrected chi connectivity index (χ2v) is 24.0. The summed E-state index contributed by atoms with van der Waals surface area (Å²) in [5, 5.41) is 12.1. The fraction of sp³-hybridized carbons (Fsp3) is 0.538. The number of fused-ring (bicyclic) bond motifs is 2. The van der Waals surface area contributed by atoms with Gasteiger partial charge in [0.1, 0.15) is 23.0 Å². The van der Waals surface area contributed by atoms with E-state index in [0.29, 0.717) is 5.75 Å². The van der Waals surface area contributed by atoms with E-state index in [1.165, 1.54) is 11.1 Å². The van der Waals surface area contributed by atoms with Crippen LogP contribution in [0.4, 0.5) is 0 Å². The van der Waals surface area contributed by atoms with Crippen LogP contribution in [0.3, 0.4) is 0 Å². The molecule has 1 heterocycles. The number of hydrogen-bond acceptors (Lipinski definition) is 4. The van der Waals surface area contributed by atoms with E-state index in [4.69, 9.17) is 13.6 Å². The highest BCUT2D eigenvalue weighted by Crippen LogP contribution is 2.58. The Morgan fingerprint density at radius 3 is 1.21 bits per heavy atom. The van der Waals surface area contributed by atoms with Crippen LogP contribution in [-0.4, -0.2) is 5.11 Å². The lowest BCUT2D eigenvalue weighted by Crippen LogP contribution is -2.24. The molecule has 4 aromatic rings. The molecule has 4 aromatic carbocycles. The first kappa shape index (κ1) is 44.6. The normalized spacial score (nSPS) is 16.9. The van der Waals surface area contributed by atoms with Crippen molar-refractivity contribution in [1.29, 1.82) is 0 Å². The van der Waals surface area contributed by atoms with Gasteiger partial charge in [-0.2, -0.15) is 0 Å². The van der Waals surface area contributed by atoms with Crippen LogP contribution >= 0.6 is 8.60 Å². The summed E-state index contributed by atoms with van der Waals surface area (Å²) < 4.78 is 22.1. The Hall–Kier alpha value is -3.49. The lowest BCUT2D eigenvalue weighted by molar-refractivity contribution is 0.362. The zero-order valence-corrected chi connectivity index (χ0v) is 40.2. The summed E-state index contributed by atoms with van der Waals surface area (Å²) in [6.45, 7) is 46.9. The Morgan fingerprint density at radius 2 is 0.842 bits per heavy atom. The smallest absolute Gasteiger partial charge is 0.507 e. The van der Waals surface area contributed by atoms with Gasteiger partial charge in [-0.25, -0.2) is 0 Å². The third kappa shape index (κ3) is 9.22. The van der Waals surface area contributed by atoms with Gasteiger partial charge in [-0.3, -0.25) is 0 Å². The minimum Gasteiger partial charge on any atom is -0.507 e. The fourth-order valence-corrected chi connectivity index (χ4v) is 8.92. The lowest BCUT2D eigenvalue weighted by atomic mass is 9.74. The Bertz CT molecular complexity index is 2080. The molecule has 0 atom stereocenters. The van der Waals surface area contributed by atoms with Crippen LogP contribution in [-0.2, 0) is 32.5 Å². The van der Waals surface area contributed by atoms with E-state index >= 15 is 0 Å². The fourth-order valence-electron chi connectivity index (χ4n) is 7.76. The molecule has 0 unspecified atom stereocenters. The topological polar surface area (TPSA) is 47.9 Å². The van der Waals surface area contributed by atoms with Gasteiger partial charge < -0.3 is 18.7 Å². The zero-order valence-electron chi connectivity index (χ0n) is 39.3. The van der Waals surface area contributed by atoms with Crippen LogP contribution in [0.5, 0.6) is 23.0 Å². The maximum Gasteiger partial charge on any atom is 0.530 e. The monoisotopic (exact) mass is 793 g/mol. The van der Waals surface area contributed by atoms with Crippen LogP contribution in [0.25, 0.3) is 11.1 Å². The van der Waals surface area contributed by atoms with Crippen LogP contribution in [0.1, 0.15) is 193 Å². The summed E-state index contributed by atoms with van der Waals surface area (Å²) in [5.41, 5.74) is 11.6. The van der Waals surface area contributed by atoms with Crippen molar-refractivity contribution in [1.82, 2.24) is 0 Å². The minimum absolute atomic E-state index is 0.0286. The Morgan fingerprint density at radius 1 is 0.474 bits per heavy atom. The minimum atomic E-state index is -2.09. The molecule has 57 heavy (non-hydrogen) atoms. The molecule has 1 aliphatic rings. The van der Waals surface area contributed by atoms with Crippen molar-refractivity contribution in [3.8, 4) is 34.1 Å². The maximum absolute atomic E-state index is 12.1. The molecule has 0 aliphatic carbocycles. The molecule has 0 radical (unpaired) electrons. The van der Waals surface area contributed by atoms with Crippen LogP contribution in [0.15, 0.2) is 48.5 Å². The molecule has 0 fully saturated rings. The molecular weight excluding hydrogens is 720 g/mol. The molecule has 0 saturated heterocycles. The number of hydrogen-bond donors (Lipinski definition) is 1. The van der Waals surface area contributed by atoms with Crippen molar-refractivity contribution in [2.45, 2.75) is 184 Å². The molecular formula is C52H73O4P. The summed E-state index contributed by atoms with van der Waals surface area (Å²) in [6.07, 6.45) is 0.